The summed E-state index contributed by atoms with van der Waals surface area (Å²) in [6.07, 6.45) is 0. The molecule has 0 unspecified atom stereocenters. The van der Waals surface area contributed by atoms with Crippen LogP contribution in [0.5, 0.6) is 0 Å². The van der Waals surface area contributed by atoms with Crippen molar-refractivity contribution >= 4 is 28.8 Å². The van der Waals surface area contributed by atoms with E-state index < -0.39 is 6.04 Å². The fourth-order valence-corrected chi connectivity index (χ4v) is 2.71. The number of hydrogen-bond donors (Lipinski definition) is 2. The van der Waals surface area contributed by atoms with Gasteiger partial charge in [0.2, 0.25) is 5.91 Å². The summed E-state index contributed by atoms with van der Waals surface area (Å²) >= 11 is 1.36. The smallest absolute Gasteiger partial charge is 0.262 e. The molecule has 22 heavy (non-hydrogen) atoms. The van der Waals surface area contributed by atoms with Crippen LogP contribution in [0.2, 0.25) is 0 Å². The topological polar surface area (TPSA) is 58.2 Å². The van der Waals surface area contributed by atoms with Crippen molar-refractivity contribution in [2.24, 2.45) is 5.92 Å². The minimum Gasteiger partial charge on any atom is -0.339 e. The van der Waals surface area contributed by atoms with E-state index in [0.717, 1.165) is 11.3 Å². The van der Waals surface area contributed by atoms with Gasteiger partial charge in [-0.3, -0.25) is 9.59 Å². The van der Waals surface area contributed by atoms with E-state index in [0.29, 0.717) is 4.88 Å². The molecule has 5 heteroatoms. The predicted molar refractivity (Wildman–Crippen MR) is 90.2 cm³/mol. The second-order valence-corrected chi connectivity index (χ2v) is 6.42. The number of thiophene rings is 1. The molecule has 1 aromatic heterocycles. The molecule has 1 heterocycles. The van der Waals surface area contributed by atoms with Gasteiger partial charge < -0.3 is 10.6 Å². The molecular formula is C17H20N2O2S. The van der Waals surface area contributed by atoms with Crippen LogP contribution in [0.4, 0.5) is 5.69 Å². The van der Waals surface area contributed by atoms with Crippen LogP contribution < -0.4 is 10.6 Å². The SMILES string of the molecule is Cc1ccccc1NC(=O)[C@@H](NC(=O)c1cccs1)C(C)C. The number of hydrogen-bond acceptors (Lipinski definition) is 3. The zero-order chi connectivity index (χ0) is 16.1. The van der Waals surface area contributed by atoms with Gasteiger partial charge in [-0.05, 0) is 35.9 Å². The highest BCUT2D eigenvalue weighted by Gasteiger charge is 2.25. The summed E-state index contributed by atoms with van der Waals surface area (Å²) in [6, 6.07) is 10.6. The average molecular weight is 316 g/mol. The van der Waals surface area contributed by atoms with Crippen LogP contribution in [0.1, 0.15) is 29.1 Å². The fourth-order valence-electron chi connectivity index (χ4n) is 2.08. The minimum atomic E-state index is -0.575. The summed E-state index contributed by atoms with van der Waals surface area (Å²) in [6.45, 7) is 5.76. The number of anilines is 1. The summed E-state index contributed by atoms with van der Waals surface area (Å²) < 4.78 is 0. The molecule has 0 aliphatic carbocycles. The standard InChI is InChI=1S/C17H20N2O2S/c1-11(2)15(19-16(20)14-9-6-10-22-14)17(21)18-13-8-5-4-7-12(13)3/h4-11,15H,1-3H3,(H,18,21)(H,19,20)/t15-/m0/s1. The van der Waals surface area contributed by atoms with Crippen LogP contribution in [0.25, 0.3) is 0 Å². The summed E-state index contributed by atoms with van der Waals surface area (Å²) in [5.74, 6) is -0.421. The van der Waals surface area contributed by atoms with Gasteiger partial charge in [-0.25, -0.2) is 0 Å². The molecule has 0 saturated carbocycles. The first kappa shape index (κ1) is 16.2. The molecule has 0 bridgehead atoms. The van der Waals surface area contributed by atoms with Crippen molar-refractivity contribution in [3.63, 3.8) is 0 Å². The van der Waals surface area contributed by atoms with Crippen LogP contribution in [-0.4, -0.2) is 17.9 Å². The Balaban J connectivity index is 2.09. The Morgan fingerprint density at radius 2 is 1.82 bits per heavy atom. The lowest BCUT2D eigenvalue weighted by atomic mass is 10.0. The number of aryl methyl sites for hydroxylation is 1. The number of rotatable bonds is 5. The molecule has 4 nitrogen and oxygen atoms in total. The van der Waals surface area contributed by atoms with E-state index in [1.807, 2.05) is 56.5 Å². The Bertz CT molecular complexity index is 650. The lowest BCUT2D eigenvalue weighted by Gasteiger charge is -2.22. The number of benzene rings is 1. The maximum atomic E-state index is 12.5. The van der Waals surface area contributed by atoms with Crippen LogP contribution in [0.15, 0.2) is 41.8 Å². The average Bonchev–Trinajstić information content (AvgIpc) is 3.00. The zero-order valence-electron chi connectivity index (χ0n) is 12.9. The van der Waals surface area contributed by atoms with Crippen LogP contribution in [-0.2, 0) is 4.79 Å². The highest BCUT2D eigenvalue weighted by Crippen LogP contribution is 2.15. The monoisotopic (exact) mass is 316 g/mol. The van der Waals surface area contributed by atoms with Gasteiger partial charge in [0.1, 0.15) is 6.04 Å². The Morgan fingerprint density at radius 1 is 1.09 bits per heavy atom. The largest absolute Gasteiger partial charge is 0.339 e. The number of carbonyl (C=O) groups excluding carboxylic acids is 2. The van der Waals surface area contributed by atoms with E-state index in [9.17, 15) is 9.59 Å². The maximum Gasteiger partial charge on any atom is 0.262 e. The van der Waals surface area contributed by atoms with Crippen molar-refractivity contribution in [1.82, 2.24) is 5.32 Å². The third-order valence-electron chi connectivity index (χ3n) is 3.38. The van der Waals surface area contributed by atoms with Crippen LogP contribution in [0.3, 0.4) is 0 Å². The summed E-state index contributed by atoms with van der Waals surface area (Å²) in [5, 5.41) is 7.55. The Labute approximate surface area is 134 Å². The molecule has 0 aliphatic heterocycles. The molecule has 0 aliphatic rings. The number of nitrogens with one attached hydrogen (secondary N) is 2. The lowest BCUT2D eigenvalue weighted by molar-refractivity contribution is -0.118. The summed E-state index contributed by atoms with van der Waals surface area (Å²) in [7, 11) is 0. The Kier molecular flexibility index (Phi) is 5.33. The van der Waals surface area contributed by atoms with Crippen LogP contribution >= 0.6 is 11.3 Å². The van der Waals surface area contributed by atoms with Gasteiger partial charge in [-0.15, -0.1) is 11.3 Å². The second kappa shape index (κ2) is 7.22. The van der Waals surface area contributed by atoms with Gasteiger partial charge in [0.05, 0.1) is 4.88 Å². The summed E-state index contributed by atoms with van der Waals surface area (Å²) in [5.41, 5.74) is 1.76. The molecule has 2 rings (SSSR count). The van der Waals surface area contributed by atoms with Crippen molar-refractivity contribution in [3.8, 4) is 0 Å². The lowest BCUT2D eigenvalue weighted by Crippen LogP contribution is -2.47. The van der Waals surface area contributed by atoms with Gasteiger partial charge in [-0.1, -0.05) is 38.1 Å². The van der Waals surface area contributed by atoms with Crippen molar-refractivity contribution in [3.05, 3.63) is 52.2 Å². The van der Waals surface area contributed by atoms with Crippen molar-refractivity contribution in [2.45, 2.75) is 26.8 Å². The first-order valence-electron chi connectivity index (χ1n) is 7.20. The zero-order valence-corrected chi connectivity index (χ0v) is 13.7. The van der Waals surface area contributed by atoms with Gasteiger partial charge in [-0.2, -0.15) is 0 Å². The van der Waals surface area contributed by atoms with E-state index in [2.05, 4.69) is 10.6 Å². The normalized spacial score (nSPS) is 12.0. The number of para-hydroxylation sites is 1. The highest BCUT2D eigenvalue weighted by molar-refractivity contribution is 7.12. The molecule has 1 atom stereocenters. The minimum absolute atomic E-state index is 0.00655. The highest BCUT2D eigenvalue weighted by atomic mass is 32.1. The molecule has 1 aromatic carbocycles. The van der Waals surface area contributed by atoms with Gasteiger partial charge in [0.25, 0.3) is 5.91 Å². The van der Waals surface area contributed by atoms with E-state index >= 15 is 0 Å². The first-order valence-corrected chi connectivity index (χ1v) is 8.08. The third kappa shape index (κ3) is 3.95. The molecule has 0 radical (unpaired) electrons. The molecule has 2 N–H and O–H groups in total. The molecular weight excluding hydrogens is 296 g/mol. The number of carbonyl (C=O) groups is 2. The van der Waals surface area contributed by atoms with Crippen LogP contribution in [0, 0.1) is 12.8 Å². The quantitative estimate of drug-likeness (QED) is 0.887. The van der Waals surface area contributed by atoms with E-state index in [1.165, 1.54) is 11.3 Å². The molecule has 116 valence electrons. The van der Waals surface area contributed by atoms with E-state index in [4.69, 9.17) is 0 Å². The summed E-state index contributed by atoms with van der Waals surface area (Å²) in [4.78, 5) is 25.3. The number of amides is 2. The van der Waals surface area contributed by atoms with Gasteiger partial charge in [0.15, 0.2) is 0 Å². The first-order chi connectivity index (χ1) is 10.5. The van der Waals surface area contributed by atoms with Crippen molar-refractivity contribution < 1.29 is 9.59 Å². The molecule has 0 spiro atoms. The van der Waals surface area contributed by atoms with Gasteiger partial charge in [0, 0.05) is 5.69 Å². The molecule has 2 aromatic rings. The molecule has 2 amide bonds. The van der Waals surface area contributed by atoms with E-state index in [1.54, 1.807) is 6.07 Å². The fraction of sp³-hybridized carbons (Fsp3) is 0.294. The van der Waals surface area contributed by atoms with Crippen molar-refractivity contribution in [1.29, 1.82) is 0 Å². The van der Waals surface area contributed by atoms with E-state index in [-0.39, 0.29) is 17.7 Å². The predicted octanol–water partition coefficient (Wildman–Crippen LogP) is 3.45. The van der Waals surface area contributed by atoms with Crippen molar-refractivity contribution in [2.75, 3.05) is 5.32 Å². The maximum absolute atomic E-state index is 12.5. The Hall–Kier alpha value is -2.14. The second-order valence-electron chi connectivity index (χ2n) is 5.48. The molecule has 0 fully saturated rings. The molecule has 0 saturated heterocycles. The van der Waals surface area contributed by atoms with Gasteiger partial charge >= 0.3 is 0 Å². The third-order valence-corrected chi connectivity index (χ3v) is 4.25. The Morgan fingerprint density at radius 3 is 2.41 bits per heavy atom.